The van der Waals surface area contributed by atoms with Gasteiger partial charge in [0.05, 0.1) is 31.6 Å². The summed E-state index contributed by atoms with van der Waals surface area (Å²) in [5, 5.41) is 5.98. The zero-order chi connectivity index (χ0) is 17.6. The van der Waals surface area contributed by atoms with Crippen molar-refractivity contribution in [1.29, 1.82) is 0 Å². The monoisotopic (exact) mass is 345 g/mol. The highest BCUT2D eigenvalue weighted by atomic mass is 16.5. The van der Waals surface area contributed by atoms with Gasteiger partial charge in [-0.2, -0.15) is 0 Å². The molecule has 2 aromatic rings. The molecule has 0 saturated heterocycles. The molecule has 25 heavy (non-hydrogen) atoms. The van der Waals surface area contributed by atoms with Crippen molar-refractivity contribution < 1.29 is 14.3 Å². The molecule has 1 atom stereocenters. The highest BCUT2D eigenvalue weighted by molar-refractivity contribution is 5.86. The Bertz CT molecular complexity index is 731. The van der Waals surface area contributed by atoms with Crippen LogP contribution in [0.25, 0.3) is 11.3 Å². The smallest absolute Gasteiger partial charge is 0.411 e. The van der Waals surface area contributed by atoms with Crippen molar-refractivity contribution in [2.45, 2.75) is 18.9 Å². The maximum atomic E-state index is 11.4. The summed E-state index contributed by atoms with van der Waals surface area (Å²) in [6.07, 6.45) is 3.14. The first kappa shape index (κ1) is 17.2. The second-order valence-corrected chi connectivity index (χ2v) is 5.88. The molecule has 0 spiro atoms. The number of hydrogen-bond acceptors (Lipinski definition) is 6. The third-order valence-electron chi connectivity index (χ3n) is 4.02. The van der Waals surface area contributed by atoms with Crippen molar-refractivity contribution >= 4 is 11.8 Å². The second-order valence-electron chi connectivity index (χ2n) is 5.88. The van der Waals surface area contributed by atoms with E-state index in [0.717, 1.165) is 36.5 Å². The van der Waals surface area contributed by atoms with E-state index >= 15 is 0 Å². The number of anilines is 1. The van der Waals surface area contributed by atoms with E-state index in [-0.39, 0.29) is 6.04 Å². The Labute approximate surface area is 146 Å². The predicted octanol–water partition coefficient (Wildman–Crippen LogP) is 2.02. The van der Waals surface area contributed by atoms with Crippen molar-refractivity contribution in [3.8, 4) is 17.0 Å². The molecule has 0 saturated carbocycles. The highest BCUT2D eigenvalue weighted by Gasteiger charge is 2.15. The number of benzene rings is 1. The van der Waals surface area contributed by atoms with Gasteiger partial charge >= 0.3 is 6.09 Å². The van der Waals surface area contributed by atoms with Gasteiger partial charge in [-0.15, -0.1) is 0 Å². The van der Waals surface area contributed by atoms with E-state index in [1.54, 1.807) is 18.3 Å². The largest absolute Gasteiger partial charge is 0.493 e. The minimum atomic E-state index is -0.523. The highest BCUT2D eigenvalue weighted by Crippen LogP contribution is 2.32. The summed E-state index contributed by atoms with van der Waals surface area (Å²) in [4.78, 5) is 19.1. The molecule has 0 aliphatic carbocycles. The number of carbonyl (C=O) groups excluding carboxylic acids is 1. The predicted molar refractivity (Wildman–Crippen MR) is 94.6 cm³/mol. The first-order valence-electron chi connectivity index (χ1n) is 8.31. The van der Waals surface area contributed by atoms with E-state index < -0.39 is 6.09 Å². The molecule has 1 aromatic heterocycles. The first-order valence-corrected chi connectivity index (χ1v) is 8.31. The van der Waals surface area contributed by atoms with Crippen LogP contribution in [0.3, 0.4) is 0 Å². The van der Waals surface area contributed by atoms with Crippen LogP contribution in [0.1, 0.15) is 24.7 Å². The van der Waals surface area contributed by atoms with Crippen LogP contribution >= 0.6 is 0 Å². The number of carbonyl (C=O) groups is 1. The van der Waals surface area contributed by atoms with Crippen LogP contribution in [0.15, 0.2) is 24.4 Å². The second kappa shape index (κ2) is 8.00. The van der Waals surface area contributed by atoms with E-state index in [4.69, 9.17) is 10.5 Å². The number of nitrogens with one attached hydrogen (secondary N) is 3. The van der Waals surface area contributed by atoms with Crippen LogP contribution in [-0.2, 0) is 4.74 Å². The number of ether oxygens (including phenoxy) is 2. The first-order chi connectivity index (χ1) is 12.2. The molecule has 5 N–H and O–H groups in total. The standard InChI is InChI=1S/C17H23N5O3/c1-24-17(23)21-11-4-5-12-14-10-20-16(22-14)13(18)9-19-6-2-3-7-25-15(12)8-11/h4-5,8,10,13,19H,2-3,6-7,9,18H2,1H3,(H,20,22)(H,21,23)/t13-/m0/s1. The Balaban J connectivity index is 1.92. The molecule has 0 unspecified atom stereocenters. The van der Waals surface area contributed by atoms with Crippen LogP contribution in [-0.4, -0.2) is 42.9 Å². The van der Waals surface area contributed by atoms with Gasteiger partial charge in [0, 0.05) is 23.9 Å². The summed E-state index contributed by atoms with van der Waals surface area (Å²) < 4.78 is 10.6. The van der Waals surface area contributed by atoms with Crippen LogP contribution < -0.4 is 21.1 Å². The van der Waals surface area contributed by atoms with Gasteiger partial charge in [0.1, 0.15) is 11.6 Å². The quantitative estimate of drug-likeness (QED) is 0.629. The van der Waals surface area contributed by atoms with E-state index in [1.807, 2.05) is 6.07 Å². The minimum Gasteiger partial charge on any atom is -0.493 e. The van der Waals surface area contributed by atoms with Gasteiger partial charge in [-0.25, -0.2) is 9.78 Å². The molecule has 1 amide bonds. The lowest BCUT2D eigenvalue weighted by atomic mass is 10.1. The number of fused-ring (bicyclic) bond motifs is 4. The van der Waals surface area contributed by atoms with Crippen LogP contribution in [0.2, 0.25) is 0 Å². The van der Waals surface area contributed by atoms with Crippen molar-refractivity contribution in [1.82, 2.24) is 15.3 Å². The van der Waals surface area contributed by atoms with Gasteiger partial charge in [0.15, 0.2) is 0 Å². The van der Waals surface area contributed by atoms with Crippen LogP contribution in [0.4, 0.5) is 10.5 Å². The molecule has 1 aromatic carbocycles. The number of hydrogen-bond donors (Lipinski definition) is 4. The van der Waals surface area contributed by atoms with E-state index in [2.05, 4.69) is 25.3 Å². The Kier molecular flexibility index (Phi) is 5.52. The molecule has 0 radical (unpaired) electrons. The lowest BCUT2D eigenvalue weighted by Gasteiger charge is -2.13. The summed E-state index contributed by atoms with van der Waals surface area (Å²) in [6.45, 7) is 2.13. The zero-order valence-corrected chi connectivity index (χ0v) is 14.2. The van der Waals surface area contributed by atoms with Gasteiger partial charge < -0.3 is 25.5 Å². The Morgan fingerprint density at radius 3 is 3.16 bits per heavy atom. The molecule has 2 heterocycles. The van der Waals surface area contributed by atoms with Crippen molar-refractivity contribution in [2.75, 3.05) is 32.1 Å². The maximum absolute atomic E-state index is 11.4. The Morgan fingerprint density at radius 1 is 1.44 bits per heavy atom. The summed E-state index contributed by atoms with van der Waals surface area (Å²) in [6, 6.07) is 5.25. The van der Waals surface area contributed by atoms with Crippen molar-refractivity contribution in [2.24, 2.45) is 5.73 Å². The van der Waals surface area contributed by atoms with Gasteiger partial charge in [0.2, 0.25) is 0 Å². The fourth-order valence-corrected chi connectivity index (χ4v) is 2.66. The molecule has 8 nitrogen and oxygen atoms in total. The number of aromatic nitrogens is 2. The van der Waals surface area contributed by atoms with Gasteiger partial charge in [0.25, 0.3) is 0 Å². The van der Waals surface area contributed by atoms with Crippen LogP contribution in [0.5, 0.6) is 5.75 Å². The fraction of sp³-hybridized carbons (Fsp3) is 0.412. The number of imidazole rings is 1. The number of aromatic amines is 1. The lowest BCUT2D eigenvalue weighted by molar-refractivity contribution is 0.187. The molecular weight excluding hydrogens is 322 g/mol. The number of rotatable bonds is 1. The molecule has 2 bridgehead atoms. The summed E-state index contributed by atoms with van der Waals surface area (Å²) >= 11 is 0. The Morgan fingerprint density at radius 2 is 2.32 bits per heavy atom. The number of amides is 1. The van der Waals surface area contributed by atoms with Crippen molar-refractivity contribution in [3.05, 3.63) is 30.2 Å². The SMILES string of the molecule is COC(=O)Nc1ccc2c(c1)OCCCCNC[C@H](N)c1ncc-2[nH]1. The molecule has 134 valence electrons. The zero-order valence-electron chi connectivity index (χ0n) is 14.2. The third-order valence-corrected chi connectivity index (χ3v) is 4.02. The number of H-pyrrole nitrogens is 1. The molecule has 8 heteroatoms. The molecular formula is C17H23N5O3. The maximum Gasteiger partial charge on any atom is 0.411 e. The lowest BCUT2D eigenvalue weighted by Crippen LogP contribution is -2.28. The minimum absolute atomic E-state index is 0.195. The normalized spacial score (nSPS) is 17.9. The average molecular weight is 345 g/mol. The van der Waals surface area contributed by atoms with Crippen molar-refractivity contribution in [3.63, 3.8) is 0 Å². The molecule has 1 aliphatic heterocycles. The van der Waals surface area contributed by atoms with Gasteiger partial charge in [-0.3, -0.25) is 5.32 Å². The molecule has 1 aliphatic rings. The molecule has 0 fully saturated rings. The number of nitrogens with two attached hydrogens (primary N) is 1. The Hall–Kier alpha value is -2.58. The summed E-state index contributed by atoms with van der Waals surface area (Å²) in [7, 11) is 1.33. The topological polar surface area (TPSA) is 114 Å². The fourth-order valence-electron chi connectivity index (χ4n) is 2.66. The molecule has 3 rings (SSSR count). The van der Waals surface area contributed by atoms with Gasteiger partial charge in [-0.05, 0) is 31.5 Å². The van der Waals surface area contributed by atoms with Crippen LogP contribution in [0, 0.1) is 0 Å². The van der Waals surface area contributed by atoms with E-state index in [0.29, 0.717) is 24.6 Å². The number of nitrogens with zero attached hydrogens (tertiary/aromatic N) is 1. The summed E-state index contributed by atoms with van der Waals surface area (Å²) in [5.41, 5.74) is 8.46. The number of methoxy groups -OCH3 is 1. The summed E-state index contributed by atoms with van der Waals surface area (Å²) in [5.74, 6) is 1.40. The average Bonchev–Trinajstić information content (AvgIpc) is 3.10. The third kappa shape index (κ3) is 4.28. The van der Waals surface area contributed by atoms with E-state index in [1.165, 1.54) is 7.11 Å². The van der Waals surface area contributed by atoms with Gasteiger partial charge in [-0.1, -0.05) is 0 Å². The van der Waals surface area contributed by atoms with E-state index in [9.17, 15) is 4.79 Å².